The zero-order chi connectivity index (χ0) is 15.2. The molecule has 0 aromatic heterocycles. The Bertz CT molecular complexity index is 420. The number of hydrogen-bond acceptors (Lipinski definition) is 2. The van der Waals surface area contributed by atoms with Gasteiger partial charge in [-0.05, 0) is 31.0 Å². The van der Waals surface area contributed by atoms with Crippen molar-refractivity contribution in [2.75, 3.05) is 13.7 Å². The van der Waals surface area contributed by atoms with Gasteiger partial charge in [-0.15, -0.1) is 0 Å². The first-order valence-corrected chi connectivity index (χ1v) is 6.49. The molecule has 114 valence electrons. The first-order chi connectivity index (χ1) is 9.37. The van der Waals surface area contributed by atoms with Crippen molar-refractivity contribution in [3.63, 3.8) is 0 Å². The molecule has 0 saturated heterocycles. The fraction of sp³-hybridized carbons (Fsp3) is 0.571. The second kappa shape index (κ2) is 7.47. The molecule has 1 unspecified atom stereocenters. The van der Waals surface area contributed by atoms with Crippen molar-refractivity contribution in [2.24, 2.45) is 0 Å². The first kappa shape index (κ1) is 16.8. The van der Waals surface area contributed by atoms with E-state index in [-0.39, 0.29) is 17.7 Å². The lowest BCUT2D eigenvalue weighted by Crippen LogP contribution is -2.36. The summed E-state index contributed by atoms with van der Waals surface area (Å²) in [4.78, 5) is 0. The van der Waals surface area contributed by atoms with Gasteiger partial charge in [0.1, 0.15) is 0 Å². The molecule has 6 heteroatoms. The van der Waals surface area contributed by atoms with Crippen LogP contribution in [0.1, 0.15) is 25.3 Å². The Morgan fingerprint density at radius 1 is 1.30 bits per heavy atom. The number of ether oxygens (including phenoxy) is 1. The molecule has 0 radical (unpaired) electrons. The third-order valence-electron chi connectivity index (χ3n) is 2.89. The highest BCUT2D eigenvalue weighted by Gasteiger charge is 2.32. The van der Waals surface area contributed by atoms with Crippen molar-refractivity contribution in [3.05, 3.63) is 29.6 Å². The van der Waals surface area contributed by atoms with Crippen LogP contribution in [0.25, 0.3) is 0 Å². The molecule has 0 aliphatic carbocycles. The van der Waals surface area contributed by atoms with Crippen LogP contribution in [-0.2, 0) is 6.42 Å². The fourth-order valence-corrected chi connectivity index (χ4v) is 1.98. The van der Waals surface area contributed by atoms with Gasteiger partial charge in [-0.1, -0.05) is 19.1 Å². The Morgan fingerprint density at radius 2 is 2.00 bits per heavy atom. The molecule has 1 aromatic carbocycles. The summed E-state index contributed by atoms with van der Waals surface area (Å²) >= 11 is 0. The SMILES string of the molecule is CCCNC(Cc1cccc(OC)c1F)CC(F)(F)F. The molecule has 0 heterocycles. The molecular formula is C14H19F4NO. The van der Waals surface area contributed by atoms with E-state index in [1.54, 1.807) is 6.07 Å². The maximum absolute atomic E-state index is 14.0. The molecule has 0 amide bonds. The number of benzene rings is 1. The van der Waals surface area contributed by atoms with Crippen LogP contribution in [0, 0.1) is 5.82 Å². The van der Waals surface area contributed by atoms with Gasteiger partial charge in [-0.3, -0.25) is 0 Å². The van der Waals surface area contributed by atoms with Gasteiger partial charge in [0.2, 0.25) is 0 Å². The molecule has 1 aromatic rings. The molecule has 0 fully saturated rings. The third kappa shape index (κ3) is 5.36. The Morgan fingerprint density at radius 3 is 2.55 bits per heavy atom. The van der Waals surface area contributed by atoms with E-state index in [9.17, 15) is 17.6 Å². The Kier molecular flexibility index (Phi) is 6.26. The van der Waals surface area contributed by atoms with Gasteiger partial charge in [0.25, 0.3) is 0 Å². The zero-order valence-electron chi connectivity index (χ0n) is 11.6. The number of methoxy groups -OCH3 is 1. The number of rotatable bonds is 7. The van der Waals surface area contributed by atoms with Crippen molar-refractivity contribution in [3.8, 4) is 5.75 Å². The molecule has 2 nitrogen and oxygen atoms in total. The second-order valence-corrected chi connectivity index (χ2v) is 4.61. The van der Waals surface area contributed by atoms with Gasteiger partial charge < -0.3 is 10.1 Å². The quantitative estimate of drug-likeness (QED) is 0.774. The van der Waals surface area contributed by atoms with Gasteiger partial charge in [0, 0.05) is 6.04 Å². The van der Waals surface area contributed by atoms with Crippen molar-refractivity contribution in [1.29, 1.82) is 0 Å². The van der Waals surface area contributed by atoms with Crippen LogP contribution in [0.5, 0.6) is 5.75 Å². The molecule has 0 spiro atoms. The van der Waals surface area contributed by atoms with Gasteiger partial charge in [0.05, 0.1) is 13.5 Å². The van der Waals surface area contributed by atoms with Crippen molar-refractivity contribution in [2.45, 2.75) is 38.4 Å². The normalized spacial score (nSPS) is 13.3. The van der Waals surface area contributed by atoms with Gasteiger partial charge in [0.15, 0.2) is 11.6 Å². The van der Waals surface area contributed by atoms with Crippen LogP contribution < -0.4 is 10.1 Å². The minimum Gasteiger partial charge on any atom is -0.494 e. The summed E-state index contributed by atoms with van der Waals surface area (Å²) in [5.41, 5.74) is 0.224. The smallest absolute Gasteiger partial charge is 0.390 e. The summed E-state index contributed by atoms with van der Waals surface area (Å²) < 4.78 is 56.4. The highest BCUT2D eigenvalue weighted by molar-refractivity contribution is 5.31. The second-order valence-electron chi connectivity index (χ2n) is 4.61. The maximum atomic E-state index is 14.0. The van der Waals surface area contributed by atoms with E-state index in [0.29, 0.717) is 6.54 Å². The molecular weight excluding hydrogens is 274 g/mol. The van der Waals surface area contributed by atoms with E-state index >= 15 is 0 Å². The van der Waals surface area contributed by atoms with E-state index in [0.717, 1.165) is 6.42 Å². The number of nitrogens with one attached hydrogen (secondary N) is 1. The van der Waals surface area contributed by atoms with Gasteiger partial charge in [-0.25, -0.2) is 4.39 Å². The lowest BCUT2D eigenvalue weighted by atomic mass is 10.0. The standard InChI is InChI=1S/C14H19F4NO/c1-3-7-19-11(9-14(16,17)18)8-10-5-4-6-12(20-2)13(10)15/h4-6,11,19H,3,7-9H2,1-2H3. The highest BCUT2D eigenvalue weighted by Crippen LogP contribution is 2.26. The predicted molar refractivity (Wildman–Crippen MR) is 69.4 cm³/mol. The molecule has 1 rings (SSSR count). The largest absolute Gasteiger partial charge is 0.494 e. The first-order valence-electron chi connectivity index (χ1n) is 6.49. The Balaban J connectivity index is 2.83. The van der Waals surface area contributed by atoms with Crippen molar-refractivity contribution >= 4 is 0 Å². The number of hydrogen-bond donors (Lipinski definition) is 1. The van der Waals surface area contributed by atoms with E-state index in [1.165, 1.54) is 19.2 Å². The van der Waals surface area contributed by atoms with Crippen LogP contribution in [0.2, 0.25) is 0 Å². The summed E-state index contributed by atoms with van der Waals surface area (Å²) in [6, 6.07) is 3.66. The molecule has 0 aliphatic heterocycles. The summed E-state index contributed by atoms with van der Waals surface area (Å²) in [6.45, 7) is 2.33. The summed E-state index contributed by atoms with van der Waals surface area (Å²) in [5.74, 6) is -0.552. The van der Waals surface area contributed by atoms with E-state index in [2.05, 4.69) is 5.32 Å². The molecule has 1 N–H and O–H groups in total. The summed E-state index contributed by atoms with van der Waals surface area (Å²) in [6.07, 6.45) is -4.57. The highest BCUT2D eigenvalue weighted by atomic mass is 19.4. The van der Waals surface area contributed by atoms with E-state index in [4.69, 9.17) is 4.74 Å². The van der Waals surface area contributed by atoms with Gasteiger partial charge >= 0.3 is 6.18 Å². The molecule has 20 heavy (non-hydrogen) atoms. The van der Waals surface area contributed by atoms with E-state index in [1.807, 2.05) is 6.92 Å². The third-order valence-corrected chi connectivity index (χ3v) is 2.89. The lowest BCUT2D eigenvalue weighted by molar-refractivity contribution is -0.139. The minimum absolute atomic E-state index is 0.0253. The minimum atomic E-state index is -4.28. The predicted octanol–water partition coefficient (Wildman–Crippen LogP) is 3.70. The average molecular weight is 293 g/mol. The number of alkyl halides is 3. The maximum Gasteiger partial charge on any atom is 0.390 e. The van der Waals surface area contributed by atoms with Gasteiger partial charge in [-0.2, -0.15) is 13.2 Å². The Hall–Kier alpha value is -1.30. The fourth-order valence-electron chi connectivity index (χ4n) is 1.98. The summed E-state index contributed by atoms with van der Waals surface area (Å²) in [5, 5.41) is 2.81. The molecule has 0 bridgehead atoms. The molecule has 0 saturated carbocycles. The van der Waals surface area contributed by atoms with Crippen LogP contribution in [0.4, 0.5) is 17.6 Å². The molecule has 1 atom stereocenters. The van der Waals surface area contributed by atoms with Crippen LogP contribution in [0.3, 0.4) is 0 Å². The van der Waals surface area contributed by atoms with E-state index < -0.39 is 24.5 Å². The zero-order valence-corrected chi connectivity index (χ0v) is 11.6. The lowest BCUT2D eigenvalue weighted by Gasteiger charge is -2.20. The topological polar surface area (TPSA) is 21.3 Å². The van der Waals surface area contributed by atoms with Crippen LogP contribution in [0.15, 0.2) is 18.2 Å². The Labute approximate surface area is 116 Å². The number of halogens is 4. The van der Waals surface area contributed by atoms with Crippen LogP contribution >= 0.6 is 0 Å². The van der Waals surface area contributed by atoms with Crippen molar-refractivity contribution < 1.29 is 22.3 Å². The summed E-state index contributed by atoms with van der Waals surface area (Å²) in [7, 11) is 1.32. The van der Waals surface area contributed by atoms with Crippen LogP contribution in [-0.4, -0.2) is 25.9 Å². The molecule has 0 aliphatic rings. The van der Waals surface area contributed by atoms with Crippen molar-refractivity contribution in [1.82, 2.24) is 5.32 Å². The average Bonchev–Trinajstić information content (AvgIpc) is 2.36. The monoisotopic (exact) mass is 293 g/mol.